The van der Waals surface area contributed by atoms with Crippen LogP contribution in [0.4, 0.5) is 20.2 Å². The summed E-state index contributed by atoms with van der Waals surface area (Å²) in [7, 11) is 3.07. The Kier molecular flexibility index (Phi) is 7.82. The molecule has 4 aromatic rings. The number of anilines is 2. The van der Waals surface area contributed by atoms with Crippen LogP contribution in [0.15, 0.2) is 79.3 Å². The summed E-state index contributed by atoms with van der Waals surface area (Å²) < 4.78 is 28.6. The predicted molar refractivity (Wildman–Crippen MR) is 150 cm³/mol. The molecule has 1 aliphatic heterocycles. The van der Waals surface area contributed by atoms with Gasteiger partial charge in [0.15, 0.2) is 0 Å². The average Bonchev–Trinajstić information content (AvgIpc) is 2.97. The number of amides is 2. The Hall–Kier alpha value is -4.66. The third kappa shape index (κ3) is 5.83. The molecule has 2 amide bonds. The van der Waals surface area contributed by atoms with Crippen molar-refractivity contribution in [2.45, 2.75) is 18.8 Å². The summed E-state index contributed by atoms with van der Waals surface area (Å²) in [6, 6.07) is 17.0. The third-order valence-electron chi connectivity index (χ3n) is 7.12. The van der Waals surface area contributed by atoms with E-state index in [1.807, 2.05) is 41.3 Å². The molecule has 0 bridgehead atoms. The summed E-state index contributed by atoms with van der Waals surface area (Å²) in [4.78, 5) is 37.4. The average molecular weight is 542 g/mol. The van der Waals surface area contributed by atoms with Crippen LogP contribution in [0.25, 0.3) is 11.3 Å². The number of aromatic nitrogens is 2. The van der Waals surface area contributed by atoms with Crippen molar-refractivity contribution in [2.24, 2.45) is 0 Å². The molecular formula is C31H29F2N5O2. The van der Waals surface area contributed by atoms with E-state index >= 15 is 0 Å². The number of nitrogens with one attached hydrogen (secondary N) is 1. The maximum atomic E-state index is 14.3. The van der Waals surface area contributed by atoms with E-state index < -0.39 is 17.5 Å². The van der Waals surface area contributed by atoms with Crippen LogP contribution >= 0.6 is 0 Å². The number of piperidine rings is 1. The van der Waals surface area contributed by atoms with Crippen LogP contribution in [-0.4, -0.2) is 53.9 Å². The number of carbonyl (C=O) groups is 2. The van der Waals surface area contributed by atoms with Crippen molar-refractivity contribution >= 4 is 23.2 Å². The highest BCUT2D eigenvalue weighted by Gasteiger charge is 2.25. The van der Waals surface area contributed by atoms with Gasteiger partial charge in [-0.2, -0.15) is 0 Å². The van der Waals surface area contributed by atoms with Gasteiger partial charge in [-0.05, 0) is 60.7 Å². The number of hydrogen-bond donors (Lipinski definition) is 1. The van der Waals surface area contributed by atoms with E-state index in [-0.39, 0.29) is 23.1 Å². The maximum Gasteiger partial charge on any atom is 0.255 e. The van der Waals surface area contributed by atoms with Crippen molar-refractivity contribution in [2.75, 3.05) is 37.4 Å². The van der Waals surface area contributed by atoms with Crippen LogP contribution in [0.3, 0.4) is 0 Å². The molecule has 0 spiro atoms. The smallest absolute Gasteiger partial charge is 0.255 e. The maximum absolute atomic E-state index is 14.3. The minimum atomic E-state index is -0.798. The highest BCUT2D eigenvalue weighted by Crippen LogP contribution is 2.30. The molecule has 1 aromatic heterocycles. The molecule has 0 atom stereocenters. The summed E-state index contributed by atoms with van der Waals surface area (Å²) in [6.07, 6.45) is 6.55. The molecule has 2 heterocycles. The first-order chi connectivity index (χ1) is 19.3. The first kappa shape index (κ1) is 26.9. The van der Waals surface area contributed by atoms with Gasteiger partial charge in [-0.3, -0.25) is 19.6 Å². The van der Waals surface area contributed by atoms with E-state index in [1.54, 1.807) is 30.7 Å². The Morgan fingerprint density at radius 1 is 0.925 bits per heavy atom. The fourth-order valence-electron chi connectivity index (χ4n) is 5.02. The Bertz CT molecular complexity index is 1500. The number of hydrogen-bond acceptors (Lipinski definition) is 5. The molecule has 5 rings (SSSR count). The van der Waals surface area contributed by atoms with Crippen molar-refractivity contribution in [3.05, 3.63) is 108 Å². The summed E-state index contributed by atoms with van der Waals surface area (Å²) in [5.41, 5.74) is 3.55. The van der Waals surface area contributed by atoms with E-state index in [1.165, 1.54) is 19.0 Å². The predicted octanol–water partition coefficient (Wildman–Crippen LogP) is 5.76. The summed E-state index contributed by atoms with van der Waals surface area (Å²) in [5, 5.41) is 2.70. The molecule has 40 heavy (non-hydrogen) atoms. The van der Waals surface area contributed by atoms with Crippen molar-refractivity contribution in [3.8, 4) is 11.3 Å². The van der Waals surface area contributed by atoms with Gasteiger partial charge in [0, 0.05) is 62.0 Å². The van der Waals surface area contributed by atoms with E-state index in [4.69, 9.17) is 0 Å². The molecule has 9 heteroatoms. The van der Waals surface area contributed by atoms with Crippen LogP contribution in [-0.2, 0) is 0 Å². The van der Waals surface area contributed by atoms with Gasteiger partial charge in [0.2, 0.25) is 0 Å². The lowest BCUT2D eigenvalue weighted by atomic mass is 9.89. The van der Waals surface area contributed by atoms with Crippen molar-refractivity contribution in [1.82, 2.24) is 14.9 Å². The van der Waals surface area contributed by atoms with Crippen LogP contribution in [0, 0.1) is 11.6 Å². The lowest BCUT2D eigenvalue weighted by Crippen LogP contribution is -2.37. The van der Waals surface area contributed by atoms with Crippen LogP contribution in [0.5, 0.6) is 0 Å². The van der Waals surface area contributed by atoms with Gasteiger partial charge in [0.25, 0.3) is 11.8 Å². The number of rotatable bonds is 6. The Morgan fingerprint density at radius 3 is 2.25 bits per heavy atom. The van der Waals surface area contributed by atoms with E-state index in [0.717, 1.165) is 41.8 Å². The van der Waals surface area contributed by atoms with E-state index in [9.17, 15) is 18.4 Å². The van der Waals surface area contributed by atoms with Gasteiger partial charge in [-0.15, -0.1) is 0 Å². The standard InChI is InChI=1S/C31H29F2N5O2/c1-37(2)29-26(32)17-24(18-27(29)33)30(39)36-25-8-6-20(7-9-25)21-10-14-38(15-11-21)31(40)23-5-3-4-22(16-23)28-19-34-12-13-35-28/h3-9,12-13,16-19,21H,10-11,14-15H2,1-2H3,(H,36,39). The second kappa shape index (κ2) is 11.6. The molecule has 204 valence electrons. The topological polar surface area (TPSA) is 78.4 Å². The normalized spacial score (nSPS) is 13.7. The summed E-state index contributed by atoms with van der Waals surface area (Å²) >= 11 is 0. The lowest BCUT2D eigenvalue weighted by molar-refractivity contribution is 0.0713. The monoisotopic (exact) mass is 541 g/mol. The molecule has 7 nitrogen and oxygen atoms in total. The summed E-state index contributed by atoms with van der Waals surface area (Å²) in [6.45, 7) is 1.27. The number of likely N-dealkylation sites (tertiary alicyclic amines) is 1. The van der Waals surface area contributed by atoms with E-state index in [0.29, 0.717) is 24.3 Å². The highest BCUT2D eigenvalue weighted by molar-refractivity contribution is 6.04. The molecule has 0 aliphatic carbocycles. The van der Waals surface area contributed by atoms with Crippen LogP contribution < -0.4 is 10.2 Å². The Labute approximate surface area is 231 Å². The number of halogens is 2. The van der Waals surface area contributed by atoms with Crippen LogP contribution in [0.1, 0.15) is 45.0 Å². The van der Waals surface area contributed by atoms with Crippen molar-refractivity contribution in [3.63, 3.8) is 0 Å². The van der Waals surface area contributed by atoms with Gasteiger partial charge >= 0.3 is 0 Å². The second-order valence-electron chi connectivity index (χ2n) is 10.00. The fourth-order valence-corrected chi connectivity index (χ4v) is 5.02. The zero-order valence-electron chi connectivity index (χ0n) is 22.3. The van der Waals surface area contributed by atoms with Gasteiger partial charge in [-0.25, -0.2) is 8.78 Å². The zero-order chi connectivity index (χ0) is 28.2. The minimum absolute atomic E-state index is 0.00580. The fraction of sp³-hybridized carbons (Fsp3) is 0.226. The summed E-state index contributed by atoms with van der Waals surface area (Å²) in [5.74, 6) is -1.91. The van der Waals surface area contributed by atoms with E-state index in [2.05, 4.69) is 15.3 Å². The minimum Gasteiger partial charge on any atom is -0.373 e. The van der Waals surface area contributed by atoms with Gasteiger partial charge in [0.1, 0.15) is 17.3 Å². The first-order valence-electron chi connectivity index (χ1n) is 13.0. The number of benzene rings is 3. The Balaban J connectivity index is 1.18. The van der Waals surface area contributed by atoms with Crippen LogP contribution in [0.2, 0.25) is 0 Å². The zero-order valence-corrected chi connectivity index (χ0v) is 22.3. The number of carbonyl (C=O) groups excluding carboxylic acids is 2. The van der Waals surface area contributed by atoms with Gasteiger partial charge in [0.05, 0.1) is 11.9 Å². The molecule has 0 unspecified atom stereocenters. The molecule has 1 aliphatic rings. The van der Waals surface area contributed by atoms with Gasteiger partial charge in [-0.1, -0.05) is 24.3 Å². The molecule has 0 saturated carbocycles. The first-order valence-corrected chi connectivity index (χ1v) is 13.0. The quantitative estimate of drug-likeness (QED) is 0.336. The SMILES string of the molecule is CN(C)c1c(F)cc(C(=O)Nc2ccc(C3CCN(C(=O)c4cccc(-c5cnccn5)c4)CC3)cc2)cc1F. The molecule has 1 fully saturated rings. The van der Waals surface area contributed by atoms with Crippen molar-refractivity contribution < 1.29 is 18.4 Å². The van der Waals surface area contributed by atoms with Gasteiger partial charge < -0.3 is 15.1 Å². The van der Waals surface area contributed by atoms with Crippen molar-refractivity contribution in [1.29, 1.82) is 0 Å². The molecule has 0 radical (unpaired) electrons. The second-order valence-corrected chi connectivity index (χ2v) is 10.00. The third-order valence-corrected chi connectivity index (χ3v) is 7.12. The lowest BCUT2D eigenvalue weighted by Gasteiger charge is -2.32. The molecule has 1 saturated heterocycles. The Morgan fingerprint density at radius 2 is 1.62 bits per heavy atom. The molecule has 3 aromatic carbocycles. The largest absolute Gasteiger partial charge is 0.373 e. The number of nitrogens with zero attached hydrogens (tertiary/aromatic N) is 4. The highest BCUT2D eigenvalue weighted by atomic mass is 19.1. The molecular weight excluding hydrogens is 512 g/mol. The molecule has 1 N–H and O–H groups in total.